The Balaban J connectivity index is 2.39. The van der Waals surface area contributed by atoms with Gasteiger partial charge in [-0.3, -0.25) is 4.68 Å². The summed E-state index contributed by atoms with van der Waals surface area (Å²) in [6, 6.07) is 8.07. The zero-order valence-electron chi connectivity index (χ0n) is 11.9. The number of hydrogen-bond acceptors (Lipinski definition) is 2. The van der Waals surface area contributed by atoms with Gasteiger partial charge in [-0.25, -0.2) is 4.98 Å². The number of alkyl halides is 2. The predicted octanol–water partition coefficient (Wildman–Crippen LogP) is 4.41. The maximum absolute atomic E-state index is 6.31. The molecule has 1 aromatic heterocycles. The summed E-state index contributed by atoms with van der Waals surface area (Å²) in [4.78, 5) is 4.39. The maximum Gasteiger partial charge on any atom is 0.138 e. The first-order valence-electron chi connectivity index (χ1n) is 6.90. The van der Waals surface area contributed by atoms with Crippen molar-refractivity contribution in [1.82, 2.24) is 14.8 Å². The summed E-state index contributed by atoms with van der Waals surface area (Å²) in [7, 11) is 0. The fraction of sp³-hybridized carbons (Fsp3) is 0.467. The van der Waals surface area contributed by atoms with Crippen LogP contribution in [0.15, 0.2) is 35.1 Å². The highest BCUT2D eigenvalue weighted by Gasteiger charge is 2.34. The van der Waals surface area contributed by atoms with Gasteiger partial charge in [-0.15, -0.1) is 23.2 Å². The van der Waals surface area contributed by atoms with Crippen molar-refractivity contribution in [3.63, 3.8) is 0 Å². The third-order valence-electron chi connectivity index (χ3n) is 3.58. The highest BCUT2D eigenvalue weighted by molar-refractivity contribution is 9.10. The standard InChI is InChI=1S/C15H18BrCl2N3/c1-2-7-21-14(19-11-20-21)8-15(9-17,10-18)12-5-3-4-6-13(12)16/h3-6,11H,2,7-10H2,1H3. The Kier molecular flexibility index (Phi) is 6.08. The molecule has 0 aliphatic carbocycles. The average molecular weight is 391 g/mol. The van der Waals surface area contributed by atoms with Crippen LogP contribution in [0.5, 0.6) is 0 Å². The van der Waals surface area contributed by atoms with Crippen LogP contribution in [0.25, 0.3) is 0 Å². The van der Waals surface area contributed by atoms with Crippen molar-refractivity contribution in [2.24, 2.45) is 0 Å². The average Bonchev–Trinajstić information content (AvgIpc) is 2.93. The minimum absolute atomic E-state index is 0.359. The summed E-state index contributed by atoms with van der Waals surface area (Å²) in [6.45, 7) is 2.97. The summed E-state index contributed by atoms with van der Waals surface area (Å²) in [5.41, 5.74) is 0.753. The van der Waals surface area contributed by atoms with E-state index in [1.54, 1.807) is 6.33 Å². The van der Waals surface area contributed by atoms with Crippen LogP contribution in [0.1, 0.15) is 24.7 Å². The third-order valence-corrected chi connectivity index (χ3v) is 5.30. The highest BCUT2D eigenvalue weighted by Crippen LogP contribution is 2.35. The smallest absolute Gasteiger partial charge is 0.138 e. The molecular formula is C15H18BrCl2N3. The predicted molar refractivity (Wildman–Crippen MR) is 91.3 cm³/mol. The number of hydrogen-bond donors (Lipinski definition) is 0. The van der Waals surface area contributed by atoms with Crippen molar-refractivity contribution in [1.29, 1.82) is 0 Å². The molecule has 0 saturated heterocycles. The number of halogens is 3. The molecule has 3 nitrogen and oxygen atoms in total. The molecule has 0 N–H and O–H groups in total. The monoisotopic (exact) mass is 389 g/mol. The molecule has 0 radical (unpaired) electrons. The maximum atomic E-state index is 6.31. The summed E-state index contributed by atoms with van der Waals surface area (Å²) in [6.07, 6.45) is 3.28. The quantitative estimate of drug-likeness (QED) is 0.655. The van der Waals surface area contributed by atoms with Crippen LogP contribution in [0.2, 0.25) is 0 Å². The van der Waals surface area contributed by atoms with Crippen LogP contribution >= 0.6 is 39.1 Å². The van der Waals surface area contributed by atoms with Crippen molar-refractivity contribution < 1.29 is 0 Å². The first kappa shape index (κ1) is 16.8. The topological polar surface area (TPSA) is 30.7 Å². The number of aromatic nitrogens is 3. The van der Waals surface area contributed by atoms with Crippen LogP contribution in [-0.4, -0.2) is 26.5 Å². The van der Waals surface area contributed by atoms with Crippen LogP contribution in [-0.2, 0) is 18.4 Å². The number of nitrogens with zero attached hydrogens (tertiary/aromatic N) is 3. The molecule has 0 amide bonds. The van der Waals surface area contributed by atoms with E-state index in [0.29, 0.717) is 18.2 Å². The lowest BCUT2D eigenvalue weighted by molar-refractivity contribution is 0.479. The SMILES string of the molecule is CCCn1ncnc1CC(CCl)(CCl)c1ccccc1Br. The minimum atomic E-state index is -0.359. The highest BCUT2D eigenvalue weighted by atomic mass is 79.9. The second-order valence-electron chi connectivity index (χ2n) is 5.10. The normalized spacial score (nSPS) is 11.8. The van der Waals surface area contributed by atoms with Gasteiger partial charge in [0.15, 0.2) is 0 Å². The van der Waals surface area contributed by atoms with E-state index in [1.165, 1.54) is 0 Å². The van der Waals surface area contributed by atoms with Crippen LogP contribution in [0, 0.1) is 0 Å². The van der Waals surface area contributed by atoms with Gasteiger partial charge in [0.25, 0.3) is 0 Å². The van der Waals surface area contributed by atoms with Crippen molar-refractivity contribution in [3.05, 3.63) is 46.5 Å². The lowest BCUT2D eigenvalue weighted by Gasteiger charge is -2.31. The molecule has 2 rings (SSSR count). The molecular weight excluding hydrogens is 373 g/mol. The fourth-order valence-electron chi connectivity index (χ4n) is 2.39. The van der Waals surface area contributed by atoms with E-state index < -0.39 is 0 Å². The molecule has 0 saturated carbocycles. The van der Waals surface area contributed by atoms with Gasteiger partial charge in [0.1, 0.15) is 12.2 Å². The van der Waals surface area contributed by atoms with E-state index in [1.807, 2.05) is 22.9 Å². The Bertz CT molecular complexity index is 582. The molecule has 0 aliphatic rings. The number of rotatable bonds is 7. The first-order chi connectivity index (χ1) is 10.2. The summed E-state index contributed by atoms with van der Waals surface area (Å²) >= 11 is 16.2. The molecule has 0 unspecified atom stereocenters. The molecule has 21 heavy (non-hydrogen) atoms. The largest absolute Gasteiger partial charge is 0.250 e. The second kappa shape index (κ2) is 7.61. The van der Waals surface area contributed by atoms with Gasteiger partial charge in [0, 0.05) is 34.6 Å². The molecule has 1 heterocycles. The Morgan fingerprint density at radius 3 is 2.57 bits per heavy atom. The van der Waals surface area contributed by atoms with Gasteiger partial charge >= 0.3 is 0 Å². The van der Waals surface area contributed by atoms with E-state index in [2.05, 4.69) is 39.0 Å². The molecule has 0 fully saturated rings. The zero-order chi connectivity index (χ0) is 15.3. The van der Waals surface area contributed by atoms with Crippen LogP contribution < -0.4 is 0 Å². The van der Waals surface area contributed by atoms with E-state index >= 15 is 0 Å². The van der Waals surface area contributed by atoms with E-state index in [-0.39, 0.29) is 5.41 Å². The van der Waals surface area contributed by atoms with E-state index in [4.69, 9.17) is 23.2 Å². The van der Waals surface area contributed by atoms with Crippen molar-refractivity contribution in [3.8, 4) is 0 Å². The second-order valence-corrected chi connectivity index (χ2v) is 6.49. The van der Waals surface area contributed by atoms with Gasteiger partial charge in [0.2, 0.25) is 0 Å². The molecule has 114 valence electrons. The summed E-state index contributed by atoms with van der Waals surface area (Å²) in [5, 5.41) is 4.28. The van der Waals surface area contributed by atoms with Gasteiger partial charge in [0.05, 0.1) is 0 Å². The number of benzene rings is 1. The van der Waals surface area contributed by atoms with Crippen molar-refractivity contribution >= 4 is 39.1 Å². The summed E-state index contributed by atoms with van der Waals surface area (Å²) in [5.74, 6) is 1.78. The molecule has 6 heteroatoms. The first-order valence-corrected chi connectivity index (χ1v) is 8.76. The van der Waals surface area contributed by atoms with Crippen molar-refractivity contribution in [2.75, 3.05) is 11.8 Å². The Morgan fingerprint density at radius 2 is 1.95 bits per heavy atom. The van der Waals surface area contributed by atoms with Crippen LogP contribution in [0.3, 0.4) is 0 Å². The Labute approximate surface area is 143 Å². The molecule has 0 aliphatic heterocycles. The molecule has 0 spiro atoms. The Hall–Kier alpha value is -0.580. The summed E-state index contributed by atoms with van der Waals surface area (Å²) < 4.78 is 2.96. The fourth-order valence-corrected chi connectivity index (χ4v) is 3.85. The van der Waals surface area contributed by atoms with Crippen LogP contribution in [0.4, 0.5) is 0 Å². The van der Waals surface area contributed by atoms with Gasteiger partial charge in [-0.2, -0.15) is 5.10 Å². The van der Waals surface area contributed by atoms with Gasteiger partial charge < -0.3 is 0 Å². The zero-order valence-corrected chi connectivity index (χ0v) is 15.0. The van der Waals surface area contributed by atoms with E-state index in [0.717, 1.165) is 28.8 Å². The van der Waals surface area contributed by atoms with Gasteiger partial charge in [-0.1, -0.05) is 41.1 Å². The molecule has 2 aromatic rings. The lowest BCUT2D eigenvalue weighted by Crippen LogP contribution is -2.35. The Morgan fingerprint density at radius 1 is 1.24 bits per heavy atom. The van der Waals surface area contributed by atoms with Gasteiger partial charge in [-0.05, 0) is 18.1 Å². The van der Waals surface area contributed by atoms with E-state index in [9.17, 15) is 0 Å². The van der Waals surface area contributed by atoms with Crippen molar-refractivity contribution in [2.45, 2.75) is 31.7 Å². The third kappa shape index (κ3) is 3.61. The molecule has 0 bridgehead atoms. The lowest BCUT2D eigenvalue weighted by atomic mass is 9.80. The molecule has 1 aromatic carbocycles. The number of aryl methyl sites for hydroxylation is 1. The minimum Gasteiger partial charge on any atom is -0.250 e. The molecule has 0 atom stereocenters.